The van der Waals surface area contributed by atoms with Crippen molar-refractivity contribution >= 4 is 46.8 Å². The van der Waals surface area contributed by atoms with Gasteiger partial charge in [-0.25, -0.2) is 4.98 Å². The summed E-state index contributed by atoms with van der Waals surface area (Å²) in [6, 6.07) is 5.17. The molecule has 2 aromatic rings. The minimum atomic E-state index is 0.167. The molecule has 18 heavy (non-hydrogen) atoms. The second-order valence-electron chi connectivity index (χ2n) is 3.25. The molecule has 2 rings (SSSR count). The van der Waals surface area contributed by atoms with E-state index < -0.39 is 0 Å². The number of aromatic nitrogens is 2. The lowest BCUT2D eigenvalue weighted by Gasteiger charge is -2.03. The van der Waals surface area contributed by atoms with Crippen LogP contribution in [0.3, 0.4) is 0 Å². The van der Waals surface area contributed by atoms with E-state index in [4.69, 9.17) is 34.8 Å². The van der Waals surface area contributed by atoms with Crippen LogP contribution in [-0.4, -0.2) is 16.2 Å². The zero-order valence-electron chi connectivity index (χ0n) is 8.94. The summed E-state index contributed by atoms with van der Waals surface area (Å²) in [5.74, 6) is 0.339. The van der Waals surface area contributed by atoms with Crippen LogP contribution in [0.25, 0.3) is 0 Å². The van der Waals surface area contributed by atoms with Crippen LogP contribution in [0.4, 0.5) is 5.82 Å². The van der Waals surface area contributed by atoms with Gasteiger partial charge in [0, 0.05) is 18.0 Å². The highest BCUT2D eigenvalue weighted by Crippen LogP contribution is 2.28. The molecule has 0 saturated heterocycles. The van der Waals surface area contributed by atoms with Crippen molar-refractivity contribution in [1.82, 2.24) is 9.97 Å². The molecule has 0 amide bonds. The average Bonchev–Trinajstić information content (AvgIpc) is 2.37. The van der Waals surface area contributed by atoms with Gasteiger partial charge in [-0.2, -0.15) is 5.10 Å². The third kappa shape index (κ3) is 3.32. The van der Waals surface area contributed by atoms with E-state index in [1.807, 2.05) is 12.1 Å². The van der Waals surface area contributed by atoms with E-state index in [2.05, 4.69) is 20.5 Å². The highest BCUT2D eigenvalue weighted by Gasteiger charge is 2.06. The normalized spacial score (nSPS) is 10.8. The Morgan fingerprint density at radius 3 is 2.78 bits per heavy atom. The molecule has 0 radical (unpaired) electrons. The van der Waals surface area contributed by atoms with E-state index in [1.54, 1.807) is 18.6 Å². The van der Waals surface area contributed by atoms with Gasteiger partial charge >= 0.3 is 0 Å². The Bertz CT molecular complexity index is 572. The number of rotatable bonds is 3. The van der Waals surface area contributed by atoms with Crippen LogP contribution in [-0.2, 0) is 0 Å². The zero-order chi connectivity index (χ0) is 13.0. The van der Waals surface area contributed by atoms with Gasteiger partial charge in [-0.05, 0) is 12.1 Å². The molecule has 1 N–H and O–H groups in total. The van der Waals surface area contributed by atoms with Gasteiger partial charge in [0.05, 0.1) is 16.3 Å². The van der Waals surface area contributed by atoms with Crippen LogP contribution in [0.2, 0.25) is 15.2 Å². The van der Waals surface area contributed by atoms with Crippen LogP contribution < -0.4 is 5.43 Å². The fraction of sp³-hybridized carbons (Fsp3) is 0. The monoisotopic (exact) mass is 300 g/mol. The molecule has 2 aromatic heterocycles. The molecule has 2 heterocycles. The van der Waals surface area contributed by atoms with Crippen molar-refractivity contribution in [3.63, 3.8) is 0 Å². The van der Waals surface area contributed by atoms with Gasteiger partial charge in [0.15, 0.2) is 5.82 Å². The molecule has 0 aliphatic carbocycles. The lowest BCUT2D eigenvalue weighted by molar-refractivity contribution is 1.23. The van der Waals surface area contributed by atoms with E-state index in [0.29, 0.717) is 15.9 Å². The molecule has 7 heteroatoms. The Morgan fingerprint density at radius 2 is 2.06 bits per heavy atom. The van der Waals surface area contributed by atoms with Crippen molar-refractivity contribution in [1.29, 1.82) is 0 Å². The van der Waals surface area contributed by atoms with Crippen molar-refractivity contribution in [3.05, 3.63) is 51.4 Å². The Morgan fingerprint density at radius 1 is 1.22 bits per heavy atom. The first-order valence-electron chi connectivity index (χ1n) is 4.87. The standard InChI is InChI=1S/C11H7Cl3N4/c12-8-4-9(13)11(17-10(8)14)18-16-6-7-2-1-3-15-5-7/h1-6H,(H,17,18). The maximum atomic E-state index is 5.93. The summed E-state index contributed by atoms with van der Waals surface area (Å²) in [6.45, 7) is 0. The molecule has 0 aliphatic heterocycles. The Kier molecular flexibility index (Phi) is 4.36. The number of hydrogen-bond acceptors (Lipinski definition) is 4. The first kappa shape index (κ1) is 13.1. The van der Waals surface area contributed by atoms with Gasteiger partial charge < -0.3 is 0 Å². The van der Waals surface area contributed by atoms with Gasteiger partial charge in [0.1, 0.15) is 5.15 Å². The molecule has 0 aromatic carbocycles. The smallest absolute Gasteiger partial charge is 0.166 e. The third-order valence-electron chi connectivity index (χ3n) is 1.96. The first-order valence-corrected chi connectivity index (χ1v) is 6.01. The summed E-state index contributed by atoms with van der Waals surface area (Å²) < 4.78 is 0. The molecule has 0 spiro atoms. The second kappa shape index (κ2) is 6.00. The Balaban J connectivity index is 2.11. The van der Waals surface area contributed by atoms with Crippen LogP contribution in [0.5, 0.6) is 0 Å². The Hall–Kier alpha value is -1.36. The summed E-state index contributed by atoms with van der Waals surface area (Å²) in [4.78, 5) is 7.92. The Labute approximate surface area is 119 Å². The van der Waals surface area contributed by atoms with Gasteiger partial charge in [0.2, 0.25) is 0 Å². The van der Waals surface area contributed by atoms with Crippen molar-refractivity contribution in [2.75, 3.05) is 5.43 Å². The van der Waals surface area contributed by atoms with E-state index in [9.17, 15) is 0 Å². The number of anilines is 1. The van der Waals surface area contributed by atoms with E-state index >= 15 is 0 Å². The van der Waals surface area contributed by atoms with E-state index in [-0.39, 0.29) is 5.15 Å². The van der Waals surface area contributed by atoms with E-state index in [0.717, 1.165) is 5.56 Å². The van der Waals surface area contributed by atoms with Crippen LogP contribution >= 0.6 is 34.8 Å². The zero-order valence-corrected chi connectivity index (χ0v) is 11.2. The topological polar surface area (TPSA) is 50.2 Å². The number of nitrogens with one attached hydrogen (secondary N) is 1. The molecule has 0 unspecified atom stereocenters. The maximum Gasteiger partial charge on any atom is 0.166 e. The average molecular weight is 302 g/mol. The number of hydrazone groups is 1. The number of pyridine rings is 2. The predicted molar refractivity (Wildman–Crippen MR) is 74.7 cm³/mol. The van der Waals surface area contributed by atoms with Crippen LogP contribution in [0.1, 0.15) is 5.56 Å². The van der Waals surface area contributed by atoms with Crippen LogP contribution in [0, 0.1) is 0 Å². The van der Waals surface area contributed by atoms with Crippen molar-refractivity contribution in [3.8, 4) is 0 Å². The molecule has 0 fully saturated rings. The van der Waals surface area contributed by atoms with Gasteiger partial charge in [-0.15, -0.1) is 0 Å². The number of halogens is 3. The maximum absolute atomic E-state index is 5.93. The lowest BCUT2D eigenvalue weighted by Crippen LogP contribution is -1.95. The third-order valence-corrected chi connectivity index (χ3v) is 2.92. The highest BCUT2D eigenvalue weighted by atomic mass is 35.5. The van der Waals surface area contributed by atoms with Gasteiger partial charge in [-0.1, -0.05) is 40.9 Å². The number of nitrogens with zero attached hydrogens (tertiary/aromatic N) is 3. The van der Waals surface area contributed by atoms with Crippen molar-refractivity contribution in [2.24, 2.45) is 5.10 Å². The summed E-state index contributed by atoms with van der Waals surface area (Å²) in [6.07, 6.45) is 4.95. The quantitative estimate of drug-likeness (QED) is 0.532. The molecule has 4 nitrogen and oxygen atoms in total. The predicted octanol–water partition coefficient (Wildman–Crippen LogP) is 3.88. The summed E-state index contributed by atoms with van der Waals surface area (Å²) in [5, 5.41) is 4.78. The SMILES string of the molecule is Clc1cc(Cl)c(NN=Cc2cccnc2)nc1Cl. The molecule has 0 saturated carbocycles. The highest BCUT2D eigenvalue weighted by molar-refractivity contribution is 6.42. The van der Waals surface area contributed by atoms with Gasteiger partial charge in [0.25, 0.3) is 0 Å². The number of hydrogen-bond donors (Lipinski definition) is 1. The molecular weight excluding hydrogens is 295 g/mol. The summed E-state index contributed by atoms with van der Waals surface area (Å²) >= 11 is 17.5. The van der Waals surface area contributed by atoms with Crippen LogP contribution in [0.15, 0.2) is 35.7 Å². The second-order valence-corrected chi connectivity index (χ2v) is 4.42. The molecule has 92 valence electrons. The van der Waals surface area contributed by atoms with E-state index in [1.165, 1.54) is 6.07 Å². The lowest BCUT2D eigenvalue weighted by atomic mass is 10.3. The molecule has 0 atom stereocenters. The molecule has 0 aliphatic rings. The minimum Gasteiger partial charge on any atom is -0.264 e. The summed E-state index contributed by atoms with van der Waals surface area (Å²) in [7, 11) is 0. The van der Waals surface area contributed by atoms with Crippen molar-refractivity contribution < 1.29 is 0 Å². The molecular formula is C11H7Cl3N4. The fourth-order valence-electron chi connectivity index (χ4n) is 1.14. The van der Waals surface area contributed by atoms with Crippen molar-refractivity contribution in [2.45, 2.75) is 0 Å². The first-order chi connectivity index (χ1) is 8.66. The fourth-order valence-corrected chi connectivity index (χ4v) is 1.68. The largest absolute Gasteiger partial charge is 0.264 e. The summed E-state index contributed by atoms with van der Waals surface area (Å²) in [5.41, 5.74) is 3.53. The molecule has 0 bridgehead atoms. The van der Waals surface area contributed by atoms with Gasteiger partial charge in [-0.3, -0.25) is 10.4 Å². The minimum absolute atomic E-state index is 0.167.